The molecule has 0 unspecified atom stereocenters. The minimum Gasteiger partial charge on any atom is -0.387 e. The van der Waals surface area contributed by atoms with Gasteiger partial charge < -0.3 is 25.2 Å². The lowest BCUT2D eigenvalue weighted by atomic mass is 10.0. The minimum absolute atomic E-state index is 0.123. The van der Waals surface area contributed by atoms with Crippen LogP contribution in [0.3, 0.4) is 0 Å². The van der Waals surface area contributed by atoms with Crippen LogP contribution in [0.2, 0.25) is 0 Å². The van der Waals surface area contributed by atoms with E-state index < -0.39 is 37.7 Å². The lowest BCUT2D eigenvalue weighted by molar-refractivity contribution is -0.136. The number of alkyl halides is 3. The van der Waals surface area contributed by atoms with Crippen LogP contribution in [0.1, 0.15) is 12.2 Å². The molecule has 3 N–H and O–H groups in total. The standard InChI is InChI=1S/C23H26F3N9O2/c1-12-28-17-4-3-15(29-22(17)34(12)10-18(25)26)13-5-8-35-20(13)21(27-2)31-23(32-35)30-16-6-7-33(9-14(16)24)19(37)11-36/h3-5,8,14,16,18,36H,6-7,9-11H2,1-2H3,(H2,27,30,31,32)/t14-,16+/m1/s1. The van der Waals surface area contributed by atoms with Crippen molar-refractivity contribution < 1.29 is 23.1 Å². The molecule has 0 aliphatic carbocycles. The molecule has 4 aromatic rings. The highest BCUT2D eigenvalue weighted by atomic mass is 19.3. The number of aryl methyl sites for hydroxylation is 1. The maximum absolute atomic E-state index is 14.8. The average Bonchev–Trinajstić information content (AvgIpc) is 3.44. The van der Waals surface area contributed by atoms with Crippen molar-refractivity contribution in [2.24, 2.45) is 0 Å². The number of carbonyl (C=O) groups is 1. The van der Waals surface area contributed by atoms with Crippen molar-refractivity contribution in [3.8, 4) is 11.3 Å². The minimum atomic E-state index is -2.54. The first-order valence-electron chi connectivity index (χ1n) is 11.8. The summed E-state index contributed by atoms with van der Waals surface area (Å²) in [6.45, 7) is 0.693. The Morgan fingerprint density at radius 3 is 2.76 bits per heavy atom. The van der Waals surface area contributed by atoms with E-state index in [4.69, 9.17) is 5.11 Å². The van der Waals surface area contributed by atoms with Gasteiger partial charge >= 0.3 is 0 Å². The second-order valence-corrected chi connectivity index (χ2v) is 8.81. The zero-order chi connectivity index (χ0) is 26.3. The zero-order valence-electron chi connectivity index (χ0n) is 20.2. The van der Waals surface area contributed by atoms with Gasteiger partial charge in [0.25, 0.3) is 6.43 Å². The highest BCUT2D eigenvalue weighted by Gasteiger charge is 2.32. The van der Waals surface area contributed by atoms with E-state index in [1.165, 1.54) is 9.47 Å². The fourth-order valence-electron chi connectivity index (χ4n) is 4.65. The van der Waals surface area contributed by atoms with Gasteiger partial charge in [-0.2, -0.15) is 4.98 Å². The molecule has 0 aromatic carbocycles. The number of nitrogens with one attached hydrogen (secondary N) is 2. The number of halogens is 3. The van der Waals surface area contributed by atoms with Gasteiger partial charge in [0.05, 0.1) is 24.8 Å². The molecule has 14 heteroatoms. The van der Waals surface area contributed by atoms with E-state index in [2.05, 4.69) is 30.7 Å². The molecule has 4 aromatic heterocycles. The summed E-state index contributed by atoms with van der Waals surface area (Å²) in [5.74, 6) is 0.604. The summed E-state index contributed by atoms with van der Waals surface area (Å²) in [7, 11) is 1.69. The number of anilines is 2. The largest absolute Gasteiger partial charge is 0.387 e. The van der Waals surface area contributed by atoms with E-state index in [0.29, 0.717) is 52.5 Å². The zero-order valence-corrected chi connectivity index (χ0v) is 20.2. The topological polar surface area (TPSA) is 126 Å². The van der Waals surface area contributed by atoms with E-state index >= 15 is 0 Å². The number of piperidine rings is 1. The number of aliphatic hydroxyl groups is 1. The Labute approximate surface area is 209 Å². The van der Waals surface area contributed by atoms with Gasteiger partial charge in [-0.15, -0.1) is 5.10 Å². The fraction of sp³-hybridized carbons (Fsp3) is 0.435. The predicted molar refractivity (Wildman–Crippen MR) is 130 cm³/mol. The SMILES string of the molecule is CNc1nc(N[C@H]2CCN(C(=O)CO)C[C@H]2F)nn2ccc(-c3ccc4nc(C)n(CC(F)F)c4n3)c12. The van der Waals surface area contributed by atoms with Gasteiger partial charge in [0.1, 0.15) is 29.6 Å². The first kappa shape index (κ1) is 24.7. The van der Waals surface area contributed by atoms with Crippen molar-refractivity contribution in [1.29, 1.82) is 0 Å². The van der Waals surface area contributed by atoms with E-state index in [1.807, 2.05) is 0 Å². The Morgan fingerprint density at radius 2 is 2.05 bits per heavy atom. The number of hydrogen-bond acceptors (Lipinski definition) is 8. The van der Waals surface area contributed by atoms with Gasteiger partial charge in [-0.25, -0.2) is 27.7 Å². The smallest absolute Gasteiger partial charge is 0.256 e. The summed E-state index contributed by atoms with van der Waals surface area (Å²) < 4.78 is 44.0. The lowest BCUT2D eigenvalue weighted by Gasteiger charge is -2.34. The highest BCUT2D eigenvalue weighted by molar-refractivity contribution is 5.89. The monoisotopic (exact) mass is 517 g/mol. The molecule has 0 saturated carbocycles. The fourth-order valence-corrected chi connectivity index (χ4v) is 4.65. The van der Waals surface area contributed by atoms with E-state index in [9.17, 15) is 18.0 Å². The van der Waals surface area contributed by atoms with Crippen molar-refractivity contribution in [3.05, 3.63) is 30.2 Å². The molecule has 0 bridgehead atoms. The number of aliphatic hydroxyl groups excluding tert-OH is 1. The Balaban J connectivity index is 1.46. The first-order chi connectivity index (χ1) is 17.8. The van der Waals surface area contributed by atoms with Crippen molar-refractivity contribution in [2.45, 2.75) is 38.5 Å². The summed E-state index contributed by atoms with van der Waals surface area (Å²) in [4.78, 5) is 26.4. The molecule has 5 heterocycles. The van der Waals surface area contributed by atoms with Gasteiger partial charge in [-0.05, 0) is 31.5 Å². The number of carbonyl (C=O) groups excluding carboxylic acids is 1. The van der Waals surface area contributed by atoms with Crippen LogP contribution in [0, 0.1) is 6.92 Å². The average molecular weight is 518 g/mol. The first-order valence-corrected chi connectivity index (χ1v) is 11.8. The van der Waals surface area contributed by atoms with E-state index in [0.717, 1.165) is 0 Å². The number of aromatic nitrogens is 6. The third kappa shape index (κ3) is 4.63. The highest BCUT2D eigenvalue weighted by Crippen LogP contribution is 2.31. The molecule has 196 valence electrons. The molecule has 37 heavy (non-hydrogen) atoms. The Morgan fingerprint density at radius 1 is 1.24 bits per heavy atom. The van der Waals surface area contributed by atoms with Crippen molar-refractivity contribution in [1.82, 2.24) is 34.0 Å². The van der Waals surface area contributed by atoms with Gasteiger partial charge in [0, 0.05) is 25.4 Å². The van der Waals surface area contributed by atoms with Crippen LogP contribution >= 0.6 is 0 Å². The molecule has 2 atom stereocenters. The second kappa shape index (κ2) is 9.84. The van der Waals surface area contributed by atoms with Gasteiger partial charge in [0.15, 0.2) is 11.5 Å². The Hall–Kier alpha value is -3.94. The van der Waals surface area contributed by atoms with Crippen molar-refractivity contribution in [3.63, 3.8) is 0 Å². The summed E-state index contributed by atoms with van der Waals surface area (Å²) in [5.41, 5.74) is 2.71. The third-order valence-corrected chi connectivity index (χ3v) is 6.47. The second-order valence-electron chi connectivity index (χ2n) is 8.81. The molecule has 1 aliphatic heterocycles. The number of fused-ring (bicyclic) bond motifs is 2. The van der Waals surface area contributed by atoms with Crippen molar-refractivity contribution in [2.75, 3.05) is 37.4 Å². The Kier molecular flexibility index (Phi) is 6.58. The lowest BCUT2D eigenvalue weighted by Crippen LogP contribution is -2.50. The van der Waals surface area contributed by atoms with Crippen LogP contribution in [0.5, 0.6) is 0 Å². The maximum atomic E-state index is 14.8. The quantitative estimate of drug-likeness (QED) is 0.340. The number of rotatable bonds is 7. The van der Waals surface area contributed by atoms with Crippen LogP contribution in [-0.2, 0) is 11.3 Å². The number of hydrogen-bond donors (Lipinski definition) is 3. The van der Waals surface area contributed by atoms with Gasteiger partial charge in [0.2, 0.25) is 11.9 Å². The molecule has 0 radical (unpaired) electrons. The number of amides is 1. The summed E-state index contributed by atoms with van der Waals surface area (Å²) in [6.07, 6.45) is -1.87. The molecule has 1 amide bonds. The molecular formula is C23H26F3N9O2. The predicted octanol–water partition coefficient (Wildman–Crippen LogP) is 2.10. The number of pyridine rings is 1. The summed E-state index contributed by atoms with van der Waals surface area (Å²) >= 11 is 0. The van der Waals surface area contributed by atoms with Crippen molar-refractivity contribution >= 4 is 34.4 Å². The van der Waals surface area contributed by atoms with E-state index in [-0.39, 0.29) is 12.5 Å². The molecule has 1 aliphatic rings. The normalized spacial score (nSPS) is 18.2. The van der Waals surface area contributed by atoms with Gasteiger partial charge in [-0.1, -0.05) is 0 Å². The molecule has 11 nitrogen and oxygen atoms in total. The van der Waals surface area contributed by atoms with Crippen LogP contribution < -0.4 is 10.6 Å². The number of imidazole rings is 1. The molecular weight excluding hydrogens is 491 g/mol. The summed E-state index contributed by atoms with van der Waals surface area (Å²) in [5, 5.41) is 19.5. The van der Waals surface area contributed by atoms with Crippen LogP contribution in [-0.4, -0.2) is 90.4 Å². The Bertz CT molecular complexity index is 1450. The molecule has 1 fully saturated rings. The molecule has 1 saturated heterocycles. The van der Waals surface area contributed by atoms with E-state index in [1.54, 1.807) is 42.9 Å². The van der Waals surface area contributed by atoms with Crippen LogP contribution in [0.25, 0.3) is 27.9 Å². The summed E-state index contributed by atoms with van der Waals surface area (Å²) in [6, 6.07) is 4.68. The number of likely N-dealkylation sites (tertiary alicyclic amines) is 1. The van der Waals surface area contributed by atoms with Crippen LogP contribution in [0.15, 0.2) is 24.4 Å². The maximum Gasteiger partial charge on any atom is 0.256 e. The van der Waals surface area contributed by atoms with Gasteiger partial charge in [-0.3, -0.25) is 4.79 Å². The molecule has 5 rings (SSSR count). The third-order valence-electron chi connectivity index (χ3n) is 6.47. The van der Waals surface area contributed by atoms with Crippen LogP contribution in [0.4, 0.5) is 24.9 Å². The molecule has 0 spiro atoms. The number of nitrogens with zero attached hydrogens (tertiary/aromatic N) is 7.